The molecule has 0 aliphatic heterocycles. The Morgan fingerprint density at radius 1 is 1.04 bits per heavy atom. The first-order chi connectivity index (χ1) is 11.6. The Labute approximate surface area is 151 Å². The fraction of sp³-hybridized carbons (Fsp3) is 0.263. The first kappa shape index (κ1) is 18.2. The molecule has 2 amide bonds. The van der Waals surface area contributed by atoms with Crippen LogP contribution in [0.3, 0.4) is 0 Å². The molecule has 0 fully saturated rings. The van der Waals surface area contributed by atoms with Crippen molar-refractivity contribution in [3.8, 4) is 0 Å². The van der Waals surface area contributed by atoms with Crippen LogP contribution >= 0.6 is 15.9 Å². The number of halogens is 1. The van der Waals surface area contributed by atoms with Crippen molar-refractivity contribution in [2.24, 2.45) is 0 Å². The molecule has 2 rings (SSSR count). The van der Waals surface area contributed by atoms with Crippen molar-refractivity contribution in [2.75, 3.05) is 18.0 Å². The maximum atomic E-state index is 11.9. The number of amides is 2. The van der Waals surface area contributed by atoms with Gasteiger partial charge in [0, 0.05) is 30.9 Å². The van der Waals surface area contributed by atoms with Crippen LogP contribution in [0.25, 0.3) is 0 Å². The molecule has 0 atom stereocenters. The van der Waals surface area contributed by atoms with E-state index in [1.54, 1.807) is 4.90 Å². The number of aryl methyl sites for hydroxylation is 1. The van der Waals surface area contributed by atoms with Gasteiger partial charge < -0.3 is 10.2 Å². The molecule has 5 heteroatoms. The third-order valence-corrected chi connectivity index (χ3v) is 4.34. The molecule has 0 bridgehead atoms. The van der Waals surface area contributed by atoms with Crippen molar-refractivity contribution in [1.29, 1.82) is 0 Å². The van der Waals surface area contributed by atoms with Crippen LogP contribution in [0.1, 0.15) is 18.9 Å². The van der Waals surface area contributed by atoms with Crippen LogP contribution in [0.5, 0.6) is 0 Å². The number of carbonyl (C=O) groups excluding carboxylic acids is 2. The summed E-state index contributed by atoms with van der Waals surface area (Å²) in [6.45, 7) is 2.39. The summed E-state index contributed by atoms with van der Waals surface area (Å²) >= 11 is 3.46. The molecule has 0 saturated heterocycles. The van der Waals surface area contributed by atoms with E-state index in [0.29, 0.717) is 25.9 Å². The molecule has 126 valence electrons. The monoisotopic (exact) mass is 388 g/mol. The number of anilines is 1. The van der Waals surface area contributed by atoms with Gasteiger partial charge in [0.25, 0.3) is 0 Å². The average Bonchev–Trinajstić information content (AvgIpc) is 2.58. The molecule has 0 aromatic heterocycles. The second-order valence-corrected chi connectivity index (χ2v) is 6.31. The Bertz CT molecular complexity index is 689. The number of hydrogen-bond donors (Lipinski definition) is 1. The topological polar surface area (TPSA) is 49.4 Å². The van der Waals surface area contributed by atoms with Crippen LogP contribution in [0, 0.1) is 0 Å². The minimum Gasteiger partial charge on any atom is -0.354 e. The molecular weight excluding hydrogens is 368 g/mol. The largest absolute Gasteiger partial charge is 0.354 e. The minimum atomic E-state index is -0.0552. The van der Waals surface area contributed by atoms with Gasteiger partial charge >= 0.3 is 0 Å². The number of hydrogen-bond acceptors (Lipinski definition) is 2. The first-order valence-corrected chi connectivity index (χ1v) is 8.70. The summed E-state index contributed by atoms with van der Waals surface area (Å²) in [5.74, 6) is -0.0603. The molecule has 0 unspecified atom stereocenters. The normalized spacial score (nSPS) is 10.2. The van der Waals surface area contributed by atoms with Gasteiger partial charge in [0.2, 0.25) is 11.8 Å². The molecule has 0 radical (unpaired) electrons. The highest BCUT2D eigenvalue weighted by molar-refractivity contribution is 9.10. The van der Waals surface area contributed by atoms with Gasteiger partial charge in [0.15, 0.2) is 0 Å². The zero-order chi connectivity index (χ0) is 17.4. The predicted molar refractivity (Wildman–Crippen MR) is 99.9 cm³/mol. The Kier molecular flexibility index (Phi) is 7.00. The number of nitrogens with zero attached hydrogens (tertiary/aromatic N) is 1. The zero-order valence-electron chi connectivity index (χ0n) is 13.7. The summed E-state index contributed by atoms with van der Waals surface area (Å²) in [6, 6.07) is 17.5. The average molecular weight is 389 g/mol. The lowest BCUT2D eigenvalue weighted by Crippen LogP contribution is -2.37. The van der Waals surface area contributed by atoms with Crippen LogP contribution in [0.15, 0.2) is 59.1 Å². The first-order valence-electron chi connectivity index (χ1n) is 7.91. The van der Waals surface area contributed by atoms with E-state index < -0.39 is 0 Å². The van der Waals surface area contributed by atoms with Gasteiger partial charge in [-0.2, -0.15) is 0 Å². The SMILES string of the molecule is CC(=O)N(CCNC(=O)CCc1ccccc1)c1ccccc1Br. The maximum Gasteiger partial charge on any atom is 0.223 e. The summed E-state index contributed by atoms with van der Waals surface area (Å²) in [4.78, 5) is 25.5. The van der Waals surface area contributed by atoms with E-state index in [2.05, 4.69) is 21.2 Å². The van der Waals surface area contributed by atoms with Crippen molar-refractivity contribution < 1.29 is 9.59 Å². The second-order valence-electron chi connectivity index (χ2n) is 5.46. The fourth-order valence-electron chi connectivity index (χ4n) is 2.42. The highest BCUT2D eigenvalue weighted by atomic mass is 79.9. The molecule has 2 aromatic carbocycles. The van der Waals surface area contributed by atoms with Gasteiger partial charge in [-0.15, -0.1) is 0 Å². The number of carbonyl (C=O) groups is 2. The van der Waals surface area contributed by atoms with Gasteiger partial charge in [0.05, 0.1) is 5.69 Å². The molecule has 0 aliphatic rings. The van der Waals surface area contributed by atoms with E-state index in [1.807, 2.05) is 54.6 Å². The molecule has 2 aromatic rings. The van der Waals surface area contributed by atoms with Crippen LogP contribution in [0.4, 0.5) is 5.69 Å². The van der Waals surface area contributed by atoms with Crippen LogP contribution in [0.2, 0.25) is 0 Å². The molecule has 0 aliphatic carbocycles. The standard InChI is InChI=1S/C19H21BrN2O2/c1-15(23)22(18-10-6-5-9-17(18)20)14-13-21-19(24)12-11-16-7-3-2-4-8-16/h2-10H,11-14H2,1H3,(H,21,24). The Morgan fingerprint density at radius 3 is 2.38 bits per heavy atom. The lowest BCUT2D eigenvalue weighted by Gasteiger charge is -2.22. The number of nitrogens with one attached hydrogen (secondary N) is 1. The van der Waals surface area contributed by atoms with E-state index in [1.165, 1.54) is 6.92 Å². The summed E-state index contributed by atoms with van der Waals surface area (Å²) in [5.41, 5.74) is 1.95. The zero-order valence-corrected chi connectivity index (χ0v) is 15.3. The van der Waals surface area contributed by atoms with Crippen LogP contribution in [-0.4, -0.2) is 24.9 Å². The minimum absolute atomic E-state index is 0.00511. The van der Waals surface area contributed by atoms with Gasteiger partial charge in [-0.1, -0.05) is 42.5 Å². The van der Waals surface area contributed by atoms with Crippen LogP contribution in [-0.2, 0) is 16.0 Å². The Hall–Kier alpha value is -2.14. The van der Waals surface area contributed by atoms with Crippen LogP contribution < -0.4 is 10.2 Å². The fourth-order valence-corrected chi connectivity index (χ4v) is 2.92. The van der Waals surface area contributed by atoms with Gasteiger partial charge in [-0.3, -0.25) is 9.59 Å². The van der Waals surface area contributed by atoms with E-state index in [0.717, 1.165) is 15.7 Å². The number of benzene rings is 2. The van der Waals surface area contributed by atoms with Crippen molar-refractivity contribution in [3.05, 3.63) is 64.6 Å². The smallest absolute Gasteiger partial charge is 0.223 e. The third-order valence-electron chi connectivity index (χ3n) is 3.66. The molecule has 0 heterocycles. The third kappa shape index (κ3) is 5.49. The van der Waals surface area contributed by atoms with Gasteiger partial charge in [-0.25, -0.2) is 0 Å². The second kappa shape index (κ2) is 9.23. The molecule has 0 spiro atoms. The molecule has 0 saturated carbocycles. The van der Waals surface area contributed by atoms with Gasteiger partial charge in [-0.05, 0) is 40.0 Å². The highest BCUT2D eigenvalue weighted by Gasteiger charge is 2.14. The Balaban J connectivity index is 1.81. The summed E-state index contributed by atoms with van der Waals surface area (Å²) < 4.78 is 0.857. The van der Waals surface area contributed by atoms with Crippen molar-refractivity contribution in [1.82, 2.24) is 5.32 Å². The van der Waals surface area contributed by atoms with E-state index in [4.69, 9.17) is 0 Å². The molecular formula is C19H21BrN2O2. The molecule has 1 N–H and O–H groups in total. The molecule has 4 nitrogen and oxygen atoms in total. The van der Waals surface area contributed by atoms with E-state index >= 15 is 0 Å². The van der Waals surface area contributed by atoms with E-state index in [-0.39, 0.29) is 11.8 Å². The lowest BCUT2D eigenvalue weighted by atomic mass is 10.1. The Morgan fingerprint density at radius 2 is 1.71 bits per heavy atom. The van der Waals surface area contributed by atoms with Crippen molar-refractivity contribution >= 4 is 33.4 Å². The van der Waals surface area contributed by atoms with Crippen molar-refractivity contribution in [2.45, 2.75) is 19.8 Å². The maximum absolute atomic E-state index is 11.9. The number of rotatable bonds is 7. The number of para-hydroxylation sites is 1. The molecule has 24 heavy (non-hydrogen) atoms. The quantitative estimate of drug-likeness (QED) is 0.788. The predicted octanol–water partition coefficient (Wildman–Crippen LogP) is 3.55. The summed E-state index contributed by atoms with van der Waals surface area (Å²) in [5, 5.41) is 2.88. The van der Waals surface area contributed by atoms with E-state index in [9.17, 15) is 9.59 Å². The van der Waals surface area contributed by atoms with Gasteiger partial charge in [0.1, 0.15) is 0 Å². The van der Waals surface area contributed by atoms with Crippen molar-refractivity contribution in [3.63, 3.8) is 0 Å². The lowest BCUT2D eigenvalue weighted by molar-refractivity contribution is -0.121. The summed E-state index contributed by atoms with van der Waals surface area (Å²) in [6.07, 6.45) is 1.16. The highest BCUT2D eigenvalue weighted by Crippen LogP contribution is 2.25. The summed E-state index contributed by atoms with van der Waals surface area (Å²) in [7, 11) is 0.